The van der Waals surface area contributed by atoms with Crippen LogP contribution in [0.1, 0.15) is 16.8 Å². The molecule has 0 amide bonds. The van der Waals surface area contributed by atoms with E-state index in [4.69, 9.17) is 13.9 Å². The Bertz CT molecular complexity index is 1050. The summed E-state index contributed by atoms with van der Waals surface area (Å²) in [6.07, 6.45) is -0.117. The smallest absolute Gasteiger partial charge is 0.419 e. The molecule has 0 aliphatic carbocycles. The zero-order valence-electron chi connectivity index (χ0n) is 14.4. The maximum Gasteiger partial charge on any atom is 0.419 e. The number of benzene rings is 2. The summed E-state index contributed by atoms with van der Waals surface area (Å²) in [5.74, 6) is -2.44. The number of ketones is 1. The third-order valence-electron chi connectivity index (χ3n) is 3.95. The standard InChI is InChI=1S/C19H16FNO6/c1-25-16-7-6-12(10-13(16)20)15(22)11-26-18(23)8-9-21-14-4-2-3-5-17(14)27-19(21)24/h2-7,10H,8-9,11H2,1H3. The molecule has 1 aromatic heterocycles. The SMILES string of the molecule is COc1ccc(C(=O)COC(=O)CCn2c(=O)oc3ccccc32)cc1F. The number of rotatable bonds is 7. The largest absolute Gasteiger partial charge is 0.494 e. The number of halogens is 1. The predicted octanol–water partition coefficient (Wildman–Crippen LogP) is 2.56. The van der Waals surface area contributed by atoms with Gasteiger partial charge < -0.3 is 13.9 Å². The van der Waals surface area contributed by atoms with Crippen molar-refractivity contribution in [2.45, 2.75) is 13.0 Å². The summed E-state index contributed by atoms with van der Waals surface area (Å²) in [5, 5.41) is 0. The zero-order valence-corrected chi connectivity index (χ0v) is 14.4. The van der Waals surface area contributed by atoms with Gasteiger partial charge in [-0.15, -0.1) is 0 Å². The van der Waals surface area contributed by atoms with E-state index in [1.165, 1.54) is 23.8 Å². The summed E-state index contributed by atoms with van der Waals surface area (Å²) in [7, 11) is 1.32. The average molecular weight is 373 g/mol. The second kappa shape index (κ2) is 7.86. The minimum atomic E-state index is -0.680. The highest BCUT2D eigenvalue weighted by molar-refractivity contribution is 5.98. The van der Waals surface area contributed by atoms with Crippen molar-refractivity contribution < 1.29 is 27.9 Å². The molecule has 0 aliphatic heterocycles. The molecule has 0 unspecified atom stereocenters. The molecule has 0 saturated heterocycles. The second-order valence-corrected chi connectivity index (χ2v) is 5.67. The molecule has 0 atom stereocenters. The van der Waals surface area contributed by atoms with E-state index in [-0.39, 0.29) is 24.3 Å². The summed E-state index contributed by atoms with van der Waals surface area (Å²) < 4.78 is 29.7. The van der Waals surface area contributed by atoms with Gasteiger partial charge in [-0.3, -0.25) is 14.2 Å². The second-order valence-electron chi connectivity index (χ2n) is 5.67. The van der Waals surface area contributed by atoms with Crippen molar-refractivity contribution in [3.8, 4) is 5.75 Å². The first kappa shape index (κ1) is 18.4. The molecule has 0 N–H and O–H groups in total. The van der Waals surface area contributed by atoms with Gasteiger partial charge in [0.05, 0.1) is 19.0 Å². The number of Topliss-reactive ketones (excluding diaryl/α,β-unsaturated/α-hetero) is 1. The van der Waals surface area contributed by atoms with Gasteiger partial charge in [-0.1, -0.05) is 12.1 Å². The van der Waals surface area contributed by atoms with Gasteiger partial charge in [0, 0.05) is 12.1 Å². The molecule has 3 rings (SSSR count). The van der Waals surface area contributed by atoms with Crippen LogP contribution in [-0.4, -0.2) is 30.0 Å². The predicted molar refractivity (Wildman–Crippen MR) is 93.3 cm³/mol. The van der Waals surface area contributed by atoms with Crippen LogP contribution >= 0.6 is 0 Å². The van der Waals surface area contributed by atoms with Crippen LogP contribution in [0.25, 0.3) is 11.1 Å². The molecule has 0 fully saturated rings. The number of aryl methyl sites for hydroxylation is 1. The lowest BCUT2D eigenvalue weighted by molar-refractivity contribution is -0.142. The molecule has 0 saturated carbocycles. The third kappa shape index (κ3) is 4.05. The maximum absolute atomic E-state index is 13.6. The topological polar surface area (TPSA) is 87.7 Å². The fraction of sp³-hybridized carbons (Fsp3) is 0.211. The van der Waals surface area contributed by atoms with Crippen LogP contribution in [0.3, 0.4) is 0 Å². The Morgan fingerprint density at radius 1 is 1.19 bits per heavy atom. The Morgan fingerprint density at radius 2 is 1.96 bits per heavy atom. The van der Waals surface area contributed by atoms with Gasteiger partial charge in [0.25, 0.3) is 0 Å². The first-order valence-electron chi connectivity index (χ1n) is 8.10. The summed E-state index contributed by atoms with van der Waals surface area (Å²) in [5.41, 5.74) is 1.06. The number of ether oxygens (including phenoxy) is 2. The molecule has 0 radical (unpaired) electrons. The minimum absolute atomic E-state index is 0.0151. The van der Waals surface area contributed by atoms with Crippen LogP contribution in [0.2, 0.25) is 0 Å². The van der Waals surface area contributed by atoms with E-state index < -0.39 is 29.9 Å². The van der Waals surface area contributed by atoms with Crippen LogP contribution in [0.4, 0.5) is 4.39 Å². The monoisotopic (exact) mass is 373 g/mol. The van der Waals surface area contributed by atoms with Gasteiger partial charge in [-0.05, 0) is 30.3 Å². The van der Waals surface area contributed by atoms with E-state index in [9.17, 15) is 18.8 Å². The Hall–Kier alpha value is -3.42. The maximum atomic E-state index is 13.6. The number of para-hydroxylation sites is 2. The lowest BCUT2D eigenvalue weighted by Gasteiger charge is -2.06. The molecular weight excluding hydrogens is 357 g/mol. The molecular formula is C19H16FNO6. The molecule has 2 aromatic carbocycles. The van der Waals surface area contributed by atoms with Gasteiger partial charge in [-0.25, -0.2) is 9.18 Å². The normalized spacial score (nSPS) is 10.7. The molecule has 0 bridgehead atoms. The van der Waals surface area contributed by atoms with Crippen molar-refractivity contribution in [1.82, 2.24) is 4.57 Å². The fourth-order valence-electron chi connectivity index (χ4n) is 2.57. The Labute approximate surface area is 152 Å². The summed E-state index contributed by atoms with van der Waals surface area (Å²) in [6, 6.07) is 10.6. The number of hydrogen-bond donors (Lipinski definition) is 0. The van der Waals surface area contributed by atoms with Crippen LogP contribution < -0.4 is 10.5 Å². The number of carbonyl (C=O) groups is 2. The van der Waals surface area contributed by atoms with Crippen LogP contribution in [-0.2, 0) is 16.1 Å². The lowest BCUT2D eigenvalue weighted by Crippen LogP contribution is -2.19. The van der Waals surface area contributed by atoms with E-state index in [2.05, 4.69) is 0 Å². The molecule has 8 heteroatoms. The molecule has 3 aromatic rings. The average Bonchev–Trinajstić information content (AvgIpc) is 2.99. The number of esters is 1. The van der Waals surface area contributed by atoms with E-state index in [1.807, 2.05) is 0 Å². The van der Waals surface area contributed by atoms with Crippen molar-refractivity contribution in [2.75, 3.05) is 13.7 Å². The minimum Gasteiger partial charge on any atom is -0.494 e. The molecule has 7 nitrogen and oxygen atoms in total. The van der Waals surface area contributed by atoms with Crippen LogP contribution in [0.5, 0.6) is 5.75 Å². The summed E-state index contributed by atoms with van der Waals surface area (Å²) >= 11 is 0. The highest BCUT2D eigenvalue weighted by Crippen LogP contribution is 2.18. The Balaban J connectivity index is 1.56. The Morgan fingerprint density at radius 3 is 2.70 bits per heavy atom. The number of fused-ring (bicyclic) bond motifs is 1. The highest BCUT2D eigenvalue weighted by Gasteiger charge is 2.14. The number of nitrogens with zero attached hydrogens (tertiary/aromatic N) is 1. The van der Waals surface area contributed by atoms with Gasteiger partial charge in [0.15, 0.2) is 29.5 Å². The van der Waals surface area contributed by atoms with E-state index in [0.29, 0.717) is 11.1 Å². The number of carbonyl (C=O) groups excluding carboxylic acids is 2. The van der Waals surface area contributed by atoms with Gasteiger partial charge >= 0.3 is 11.7 Å². The van der Waals surface area contributed by atoms with Crippen molar-refractivity contribution in [3.05, 3.63) is 64.4 Å². The van der Waals surface area contributed by atoms with E-state index >= 15 is 0 Å². The van der Waals surface area contributed by atoms with Gasteiger partial charge in [0.1, 0.15) is 0 Å². The van der Waals surface area contributed by atoms with Crippen molar-refractivity contribution in [1.29, 1.82) is 0 Å². The molecule has 1 heterocycles. The van der Waals surface area contributed by atoms with Crippen LogP contribution in [0, 0.1) is 5.82 Å². The lowest BCUT2D eigenvalue weighted by atomic mass is 10.1. The zero-order chi connectivity index (χ0) is 19.4. The Kier molecular flexibility index (Phi) is 5.35. The highest BCUT2D eigenvalue weighted by atomic mass is 19.1. The quantitative estimate of drug-likeness (QED) is 0.467. The summed E-state index contributed by atoms with van der Waals surface area (Å²) in [6.45, 7) is -0.467. The number of hydrogen-bond acceptors (Lipinski definition) is 6. The van der Waals surface area contributed by atoms with E-state index in [0.717, 1.165) is 6.07 Å². The molecule has 140 valence electrons. The fourth-order valence-corrected chi connectivity index (χ4v) is 2.57. The molecule has 0 aliphatic rings. The van der Waals surface area contributed by atoms with Crippen molar-refractivity contribution in [2.24, 2.45) is 0 Å². The first-order valence-corrected chi connectivity index (χ1v) is 8.10. The van der Waals surface area contributed by atoms with Crippen molar-refractivity contribution >= 4 is 22.9 Å². The number of aromatic nitrogens is 1. The van der Waals surface area contributed by atoms with E-state index in [1.54, 1.807) is 24.3 Å². The number of methoxy groups -OCH3 is 1. The molecule has 0 spiro atoms. The van der Waals surface area contributed by atoms with Crippen LogP contribution in [0.15, 0.2) is 51.7 Å². The summed E-state index contributed by atoms with van der Waals surface area (Å²) in [4.78, 5) is 35.7. The van der Waals surface area contributed by atoms with Gasteiger partial charge in [-0.2, -0.15) is 0 Å². The number of oxazole rings is 1. The van der Waals surface area contributed by atoms with Crippen molar-refractivity contribution in [3.63, 3.8) is 0 Å². The van der Waals surface area contributed by atoms with Gasteiger partial charge in [0.2, 0.25) is 0 Å². The molecule has 27 heavy (non-hydrogen) atoms. The first-order chi connectivity index (χ1) is 13.0. The third-order valence-corrected chi connectivity index (χ3v) is 3.95.